The van der Waals surface area contributed by atoms with Crippen molar-refractivity contribution in [2.45, 2.75) is 17.4 Å². The van der Waals surface area contributed by atoms with Crippen molar-refractivity contribution in [3.05, 3.63) is 69.3 Å². The number of hydrogen-bond donors (Lipinski definition) is 2. The highest BCUT2D eigenvalue weighted by molar-refractivity contribution is 7.92. The minimum atomic E-state index is -3.93. The van der Waals surface area contributed by atoms with Crippen LogP contribution < -0.4 is 14.8 Å². The molecule has 1 saturated heterocycles. The first-order valence-electron chi connectivity index (χ1n) is 9.89. The van der Waals surface area contributed by atoms with E-state index < -0.39 is 32.0 Å². The molecular formula is C21H19ClN4O5S3. The van der Waals surface area contributed by atoms with Crippen molar-refractivity contribution >= 4 is 60.8 Å². The van der Waals surface area contributed by atoms with Gasteiger partial charge in [-0.05, 0) is 42.8 Å². The summed E-state index contributed by atoms with van der Waals surface area (Å²) < 4.78 is 51.5. The van der Waals surface area contributed by atoms with Crippen molar-refractivity contribution in [1.29, 1.82) is 0 Å². The molecule has 1 unspecified atom stereocenters. The van der Waals surface area contributed by atoms with Gasteiger partial charge in [0.15, 0.2) is 0 Å². The molecule has 13 heteroatoms. The van der Waals surface area contributed by atoms with Crippen LogP contribution in [0, 0.1) is 0 Å². The maximum absolute atomic E-state index is 12.8. The van der Waals surface area contributed by atoms with Crippen LogP contribution in [0.4, 0.5) is 5.82 Å². The number of aromatic nitrogens is 1. The molecule has 1 aromatic carbocycles. The van der Waals surface area contributed by atoms with Gasteiger partial charge in [-0.15, -0.1) is 11.3 Å². The lowest BCUT2D eigenvalue weighted by atomic mass is 10.1. The van der Waals surface area contributed by atoms with E-state index in [0.717, 1.165) is 5.41 Å². The molecule has 1 aliphatic rings. The van der Waals surface area contributed by atoms with E-state index in [-0.39, 0.29) is 17.9 Å². The third-order valence-electron chi connectivity index (χ3n) is 5.05. The third kappa shape index (κ3) is 5.54. The van der Waals surface area contributed by atoms with E-state index in [2.05, 4.69) is 9.71 Å². The normalized spacial score (nSPS) is 17.1. The topological polar surface area (TPSA) is 140 Å². The van der Waals surface area contributed by atoms with Gasteiger partial charge in [0.1, 0.15) is 11.9 Å². The number of rotatable bonds is 7. The fraction of sp³-hybridized carbons (Fsp3) is 0.143. The first kappa shape index (κ1) is 24.5. The van der Waals surface area contributed by atoms with Gasteiger partial charge < -0.3 is 0 Å². The van der Waals surface area contributed by atoms with E-state index in [9.17, 15) is 21.6 Å². The van der Waals surface area contributed by atoms with Gasteiger partial charge in [-0.1, -0.05) is 29.8 Å². The molecule has 9 nitrogen and oxygen atoms in total. The Balaban J connectivity index is 1.48. The van der Waals surface area contributed by atoms with Gasteiger partial charge in [0.2, 0.25) is 26.0 Å². The number of nitrogens with two attached hydrogens (primary N) is 1. The van der Waals surface area contributed by atoms with Crippen molar-refractivity contribution in [2.75, 3.05) is 11.4 Å². The van der Waals surface area contributed by atoms with Crippen molar-refractivity contribution < 1.29 is 21.6 Å². The summed E-state index contributed by atoms with van der Waals surface area (Å²) in [6.07, 6.45) is 3.13. The van der Waals surface area contributed by atoms with Gasteiger partial charge in [0, 0.05) is 34.2 Å². The van der Waals surface area contributed by atoms with Crippen LogP contribution in [0.1, 0.15) is 11.3 Å². The number of amides is 1. The second kappa shape index (κ2) is 9.56. The number of nitrogens with zero attached hydrogens (tertiary/aromatic N) is 2. The summed E-state index contributed by atoms with van der Waals surface area (Å²) in [5.41, 5.74) is 0.900. The zero-order valence-electron chi connectivity index (χ0n) is 17.5. The average Bonchev–Trinajstić information content (AvgIpc) is 3.37. The number of hydrogen-bond acceptors (Lipinski definition) is 7. The Labute approximate surface area is 206 Å². The lowest BCUT2D eigenvalue weighted by Crippen LogP contribution is -2.40. The zero-order chi connectivity index (χ0) is 24.5. The van der Waals surface area contributed by atoms with Gasteiger partial charge in [-0.3, -0.25) is 9.69 Å². The van der Waals surface area contributed by atoms with Crippen molar-refractivity contribution in [3.63, 3.8) is 0 Å². The maximum Gasteiger partial charge on any atom is 0.246 e. The van der Waals surface area contributed by atoms with Crippen molar-refractivity contribution in [3.8, 4) is 11.1 Å². The molecule has 34 heavy (non-hydrogen) atoms. The number of carbonyl (C=O) groups is 1. The number of primary sulfonamides is 1. The van der Waals surface area contributed by atoms with Crippen LogP contribution in [0.2, 0.25) is 4.34 Å². The number of pyridine rings is 1. The molecule has 3 aromatic rings. The molecule has 1 fully saturated rings. The SMILES string of the molecule is NS(=O)(=O)c1ccccc1-c1ccc(N2CCC(NS(=O)(=O)/C=C/c3ccc(Cl)s3)C2=O)nc1. The fourth-order valence-corrected chi connectivity index (χ4v) is 6.32. The summed E-state index contributed by atoms with van der Waals surface area (Å²) in [5.74, 6) is -0.103. The second-order valence-electron chi connectivity index (χ2n) is 7.38. The van der Waals surface area contributed by atoms with E-state index in [1.54, 1.807) is 42.5 Å². The summed E-state index contributed by atoms with van der Waals surface area (Å²) in [6, 6.07) is 11.9. The minimum Gasteiger partial charge on any atom is -0.295 e. The quantitative estimate of drug-likeness (QED) is 0.474. The smallest absolute Gasteiger partial charge is 0.246 e. The van der Waals surface area contributed by atoms with Gasteiger partial charge in [0.05, 0.1) is 9.23 Å². The van der Waals surface area contributed by atoms with Crippen LogP contribution in [0.25, 0.3) is 17.2 Å². The summed E-state index contributed by atoms with van der Waals surface area (Å²) >= 11 is 7.08. The van der Waals surface area contributed by atoms with Crippen LogP contribution in [0.3, 0.4) is 0 Å². The van der Waals surface area contributed by atoms with Gasteiger partial charge in [0.25, 0.3) is 0 Å². The first-order chi connectivity index (χ1) is 16.0. The average molecular weight is 539 g/mol. The molecule has 1 amide bonds. The number of anilines is 1. The van der Waals surface area contributed by atoms with E-state index in [0.29, 0.717) is 26.2 Å². The molecule has 3 N–H and O–H groups in total. The number of benzene rings is 1. The largest absolute Gasteiger partial charge is 0.295 e. The lowest BCUT2D eigenvalue weighted by molar-refractivity contribution is -0.118. The molecule has 3 heterocycles. The predicted octanol–water partition coefficient (Wildman–Crippen LogP) is 2.81. The van der Waals surface area contributed by atoms with Crippen LogP contribution in [-0.4, -0.2) is 40.3 Å². The van der Waals surface area contributed by atoms with Gasteiger partial charge in [-0.2, -0.15) is 4.72 Å². The summed E-state index contributed by atoms with van der Waals surface area (Å²) in [4.78, 5) is 19.1. The molecule has 0 spiro atoms. The molecule has 178 valence electrons. The third-order valence-corrected chi connectivity index (χ3v) is 8.32. The Morgan fingerprint density at radius 2 is 1.88 bits per heavy atom. The van der Waals surface area contributed by atoms with Crippen LogP contribution >= 0.6 is 22.9 Å². The molecule has 1 aliphatic heterocycles. The number of carbonyl (C=O) groups excluding carboxylic acids is 1. The predicted molar refractivity (Wildman–Crippen MR) is 132 cm³/mol. The van der Waals surface area contributed by atoms with E-state index in [1.807, 2.05) is 0 Å². The van der Waals surface area contributed by atoms with E-state index >= 15 is 0 Å². The molecule has 0 aliphatic carbocycles. The monoisotopic (exact) mass is 538 g/mol. The van der Waals surface area contributed by atoms with E-state index in [1.165, 1.54) is 34.6 Å². The highest BCUT2D eigenvalue weighted by atomic mass is 35.5. The molecule has 4 rings (SSSR count). The number of sulfonamides is 2. The molecular weight excluding hydrogens is 520 g/mol. The Morgan fingerprint density at radius 3 is 2.53 bits per heavy atom. The minimum absolute atomic E-state index is 0.0332. The Hall–Kier alpha value is -2.61. The molecule has 0 saturated carbocycles. The van der Waals surface area contributed by atoms with Crippen LogP contribution in [0.5, 0.6) is 0 Å². The highest BCUT2D eigenvalue weighted by Gasteiger charge is 2.35. The Bertz CT molecular complexity index is 1470. The molecule has 0 bridgehead atoms. The maximum atomic E-state index is 12.8. The molecule has 1 atom stereocenters. The molecule has 0 radical (unpaired) electrons. The standard InChI is InChI=1S/C21H19ClN4O5S3/c22-19-7-6-15(32-19)10-12-33(28,29)25-17-9-11-26(21(17)27)20-8-5-14(13-24-20)16-3-1-2-4-18(16)34(23,30)31/h1-8,10,12-13,17,25H,9,11H2,(H2,23,30,31)/b12-10+. The van der Waals surface area contributed by atoms with Crippen LogP contribution in [0.15, 0.2) is 65.0 Å². The molecule has 2 aromatic heterocycles. The summed E-state index contributed by atoms with van der Waals surface area (Å²) in [7, 11) is -7.79. The number of thiophene rings is 1. The Morgan fingerprint density at radius 1 is 1.12 bits per heavy atom. The Kier molecular flexibility index (Phi) is 6.90. The highest BCUT2D eigenvalue weighted by Crippen LogP contribution is 2.28. The summed E-state index contributed by atoms with van der Waals surface area (Å²) in [5, 5.41) is 6.30. The second-order valence-corrected chi connectivity index (χ2v) is 12.3. The van der Waals surface area contributed by atoms with Crippen LogP contribution in [-0.2, 0) is 24.8 Å². The van der Waals surface area contributed by atoms with E-state index in [4.69, 9.17) is 16.7 Å². The lowest BCUT2D eigenvalue weighted by Gasteiger charge is -2.16. The fourth-order valence-electron chi connectivity index (χ4n) is 3.49. The first-order valence-corrected chi connectivity index (χ1v) is 14.2. The van der Waals surface area contributed by atoms with Crippen molar-refractivity contribution in [2.24, 2.45) is 5.14 Å². The zero-order valence-corrected chi connectivity index (χ0v) is 20.7. The number of halogens is 1. The van der Waals surface area contributed by atoms with Gasteiger partial charge >= 0.3 is 0 Å². The van der Waals surface area contributed by atoms with Crippen molar-refractivity contribution in [1.82, 2.24) is 9.71 Å². The number of nitrogens with one attached hydrogen (secondary N) is 1. The summed E-state index contributed by atoms with van der Waals surface area (Å²) in [6.45, 7) is 0.274. The van der Waals surface area contributed by atoms with Gasteiger partial charge in [-0.25, -0.2) is 27.0 Å².